The zero-order valence-corrected chi connectivity index (χ0v) is 14.8. The predicted octanol–water partition coefficient (Wildman–Crippen LogP) is 3.08. The van der Waals surface area contributed by atoms with Crippen LogP contribution in [0.5, 0.6) is 0 Å². The van der Waals surface area contributed by atoms with Crippen molar-refractivity contribution in [1.82, 2.24) is 20.2 Å². The molecule has 0 spiro atoms. The third-order valence-electron chi connectivity index (χ3n) is 4.26. The fourth-order valence-corrected chi connectivity index (χ4v) is 2.95. The number of amides is 1. The number of fused-ring (bicyclic) bond motifs is 1. The molecule has 0 fully saturated rings. The van der Waals surface area contributed by atoms with E-state index in [2.05, 4.69) is 26.2 Å². The minimum Gasteiger partial charge on any atom is -0.376 e. The standard InChI is InChI=1S/C20H18N6O/c1-26-20(23-24-25-26)15-8-4-9-16(12-15)21-13-19(27)22-18-11-5-7-14-6-2-3-10-17(14)18/h2-12,21H,13H2,1H3,(H,22,27). The molecule has 0 unspecified atom stereocenters. The van der Waals surface area contributed by atoms with Crippen LogP contribution in [0.4, 0.5) is 11.4 Å². The molecule has 0 saturated heterocycles. The van der Waals surface area contributed by atoms with Crippen molar-refractivity contribution < 1.29 is 4.79 Å². The summed E-state index contributed by atoms with van der Waals surface area (Å²) >= 11 is 0. The summed E-state index contributed by atoms with van der Waals surface area (Å²) in [5.74, 6) is 0.552. The Kier molecular flexibility index (Phi) is 4.49. The first-order chi connectivity index (χ1) is 13.2. The number of hydrogen-bond acceptors (Lipinski definition) is 5. The van der Waals surface area contributed by atoms with Gasteiger partial charge in [-0.3, -0.25) is 4.79 Å². The molecule has 1 amide bonds. The number of tetrazole rings is 1. The SMILES string of the molecule is Cn1nnnc1-c1cccc(NCC(=O)Nc2cccc3ccccc23)c1. The van der Waals surface area contributed by atoms with E-state index in [0.29, 0.717) is 5.82 Å². The first-order valence-electron chi connectivity index (χ1n) is 8.55. The fourth-order valence-electron chi connectivity index (χ4n) is 2.95. The molecular weight excluding hydrogens is 340 g/mol. The number of rotatable bonds is 5. The van der Waals surface area contributed by atoms with Gasteiger partial charge in [-0.15, -0.1) is 5.10 Å². The number of hydrogen-bond donors (Lipinski definition) is 2. The van der Waals surface area contributed by atoms with Crippen LogP contribution in [-0.4, -0.2) is 32.7 Å². The second-order valence-electron chi connectivity index (χ2n) is 6.14. The van der Waals surface area contributed by atoms with Gasteiger partial charge in [0.05, 0.1) is 6.54 Å². The van der Waals surface area contributed by atoms with E-state index in [1.165, 1.54) is 0 Å². The monoisotopic (exact) mass is 358 g/mol. The highest BCUT2D eigenvalue weighted by Crippen LogP contribution is 2.23. The molecule has 1 aromatic heterocycles. The molecule has 0 aliphatic carbocycles. The summed E-state index contributed by atoms with van der Waals surface area (Å²) in [5.41, 5.74) is 2.50. The topological polar surface area (TPSA) is 84.7 Å². The van der Waals surface area contributed by atoms with Gasteiger partial charge in [0.15, 0.2) is 5.82 Å². The molecule has 27 heavy (non-hydrogen) atoms. The van der Waals surface area contributed by atoms with Crippen LogP contribution < -0.4 is 10.6 Å². The van der Waals surface area contributed by atoms with Crippen LogP contribution in [0, 0.1) is 0 Å². The summed E-state index contributed by atoms with van der Waals surface area (Å²) in [4.78, 5) is 12.4. The molecule has 0 saturated carbocycles. The molecule has 0 aliphatic heterocycles. The minimum atomic E-state index is -0.114. The Morgan fingerprint density at radius 3 is 2.70 bits per heavy atom. The average Bonchev–Trinajstić information content (AvgIpc) is 3.13. The van der Waals surface area contributed by atoms with E-state index in [-0.39, 0.29) is 12.5 Å². The molecule has 7 heteroatoms. The highest BCUT2D eigenvalue weighted by atomic mass is 16.1. The third-order valence-corrected chi connectivity index (χ3v) is 4.26. The van der Waals surface area contributed by atoms with Crippen LogP contribution >= 0.6 is 0 Å². The predicted molar refractivity (Wildman–Crippen MR) is 105 cm³/mol. The normalized spacial score (nSPS) is 10.7. The second-order valence-corrected chi connectivity index (χ2v) is 6.14. The largest absolute Gasteiger partial charge is 0.376 e. The van der Waals surface area contributed by atoms with Crippen molar-refractivity contribution in [3.8, 4) is 11.4 Å². The first kappa shape index (κ1) is 16.7. The van der Waals surface area contributed by atoms with E-state index in [1.807, 2.05) is 66.7 Å². The number of nitrogens with one attached hydrogen (secondary N) is 2. The van der Waals surface area contributed by atoms with Crippen molar-refractivity contribution in [3.05, 3.63) is 66.7 Å². The third kappa shape index (κ3) is 3.62. The number of aryl methyl sites for hydroxylation is 1. The molecule has 0 atom stereocenters. The highest BCUT2D eigenvalue weighted by molar-refractivity contribution is 6.03. The molecule has 134 valence electrons. The van der Waals surface area contributed by atoms with E-state index < -0.39 is 0 Å². The Morgan fingerprint density at radius 2 is 1.85 bits per heavy atom. The number of carbonyl (C=O) groups is 1. The van der Waals surface area contributed by atoms with Gasteiger partial charge in [-0.25, -0.2) is 4.68 Å². The maximum atomic E-state index is 12.4. The Labute approximate surface area is 156 Å². The highest BCUT2D eigenvalue weighted by Gasteiger charge is 2.08. The quantitative estimate of drug-likeness (QED) is 0.573. The van der Waals surface area contributed by atoms with Gasteiger partial charge >= 0.3 is 0 Å². The van der Waals surface area contributed by atoms with Crippen LogP contribution in [0.25, 0.3) is 22.2 Å². The van der Waals surface area contributed by atoms with Crippen molar-refractivity contribution in [1.29, 1.82) is 0 Å². The molecule has 4 rings (SSSR count). The molecule has 7 nitrogen and oxygen atoms in total. The fraction of sp³-hybridized carbons (Fsp3) is 0.100. The van der Waals surface area contributed by atoms with Gasteiger partial charge in [-0.2, -0.15) is 0 Å². The summed E-state index contributed by atoms with van der Waals surface area (Å²) in [5, 5.41) is 19.7. The van der Waals surface area contributed by atoms with E-state index >= 15 is 0 Å². The number of anilines is 2. The van der Waals surface area contributed by atoms with Crippen LogP contribution in [0.3, 0.4) is 0 Å². The Morgan fingerprint density at radius 1 is 1.04 bits per heavy atom. The summed E-state index contributed by atoms with van der Waals surface area (Å²) in [6, 6.07) is 21.5. The number of aromatic nitrogens is 4. The summed E-state index contributed by atoms with van der Waals surface area (Å²) in [6.07, 6.45) is 0. The van der Waals surface area contributed by atoms with Gasteiger partial charge in [0, 0.05) is 29.4 Å². The molecule has 0 aliphatic rings. The van der Waals surface area contributed by atoms with Crippen molar-refractivity contribution in [2.75, 3.05) is 17.2 Å². The first-order valence-corrected chi connectivity index (χ1v) is 8.55. The zero-order chi connectivity index (χ0) is 18.6. The van der Waals surface area contributed by atoms with E-state index in [1.54, 1.807) is 11.7 Å². The van der Waals surface area contributed by atoms with Gasteiger partial charge < -0.3 is 10.6 Å². The lowest BCUT2D eigenvalue weighted by atomic mass is 10.1. The van der Waals surface area contributed by atoms with Crippen molar-refractivity contribution in [2.45, 2.75) is 0 Å². The minimum absolute atomic E-state index is 0.114. The molecule has 4 aromatic rings. The van der Waals surface area contributed by atoms with Crippen LogP contribution in [0.15, 0.2) is 66.7 Å². The van der Waals surface area contributed by atoms with Crippen molar-refractivity contribution >= 4 is 28.1 Å². The van der Waals surface area contributed by atoms with Gasteiger partial charge in [-0.05, 0) is 34.0 Å². The van der Waals surface area contributed by atoms with Gasteiger partial charge in [0.1, 0.15) is 0 Å². The lowest BCUT2D eigenvalue weighted by molar-refractivity contribution is -0.114. The summed E-state index contributed by atoms with van der Waals surface area (Å²) < 4.78 is 1.60. The van der Waals surface area contributed by atoms with E-state index in [9.17, 15) is 4.79 Å². The van der Waals surface area contributed by atoms with Crippen LogP contribution in [-0.2, 0) is 11.8 Å². The summed E-state index contributed by atoms with van der Waals surface area (Å²) in [7, 11) is 1.78. The number of benzene rings is 3. The van der Waals surface area contributed by atoms with Crippen LogP contribution in [0.2, 0.25) is 0 Å². The molecule has 3 aromatic carbocycles. The number of carbonyl (C=O) groups excluding carboxylic acids is 1. The van der Waals surface area contributed by atoms with Crippen molar-refractivity contribution in [3.63, 3.8) is 0 Å². The lowest BCUT2D eigenvalue weighted by Gasteiger charge is -2.11. The van der Waals surface area contributed by atoms with Gasteiger partial charge in [-0.1, -0.05) is 48.5 Å². The smallest absolute Gasteiger partial charge is 0.243 e. The molecular formula is C20H18N6O. The maximum absolute atomic E-state index is 12.4. The number of nitrogens with zero attached hydrogens (tertiary/aromatic N) is 4. The Hall–Kier alpha value is -3.74. The second kappa shape index (κ2) is 7.25. The Balaban J connectivity index is 1.44. The van der Waals surface area contributed by atoms with Crippen LogP contribution in [0.1, 0.15) is 0 Å². The Bertz CT molecular complexity index is 1100. The molecule has 2 N–H and O–H groups in total. The summed E-state index contributed by atoms with van der Waals surface area (Å²) in [6.45, 7) is 0.156. The average molecular weight is 358 g/mol. The van der Waals surface area contributed by atoms with E-state index in [4.69, 9.17) is 0 Å². The van der Waals surface area contributed by atoms with Gasteiger partial charge in [0.25, 0.3) is 0 Å². The van der Waals surface area contributed by atoms with Crippen molar-refractivity contribution in [2.24, 2.45) is 7.05 Å². The molecule has 0 radical (unpaired) electrons. The van der Waals surface area contributed by atoms with Gasteiger partial charge in [0.2, 0.25) is 5.91 Å². The van der Waals surface area contributed by atoms with E-state index in [0.717, 1.165) is 27.7 Å². The molecule has 1 heterocycles. The maximum Gasteiger partial charge on any atom is 0.243 e. The zero-order valence-electron chi connectivity index (χ0n) is 14.8. The molecule has 0 bridgehead atoms. The lowest BCUT2D eigenvalue weighted by Crippen LogP contribution is -2.21.